The number of alkyl halides is 2. The molecule has 1 rings (SSSR count). The van der Waals surface area contributed by atoms with E-state index in [4.69, 9.17) is 4.74 Å². The molecule has 0 fully saturated rings. The summed E-state index contributed by atoms with van der Waals surface area (Å²) in [4.78, 5) is 11.2. The predicted molar refractivity (Wildman–Crippen MR) is 81.9 cm³/mol. The van der Waals surface area contributed by atoms with Crippen LogP contribution in [0.5, 0.6) is 11.5 Å². The van der Waals surface area contributed by atoms with Gasteiger partial charge in [-0.2, -0.15) is 8.78 Å². The summed E-state index contributed by atoms with van der Waals surface area (Å²) < 4.78 is 34.4. The Kier molecular flexibility index (Phi) is 7.74. The van der Waals surface area contributed by atoms with E-state index in [1.165, 1.54) is 13.2 Å². The fourth-order valence-corrected chi connectivity index (χ4v) is 2.24. The lowest BCUT2D eigenvalue weighted by atomic mass is 9.97. The van der Waals surface area contributed by atoms with Crippen LogP contribution in [0.1, 0.15) is 25.8 Å². The van der Waals surface area contributed by atoms with Crippen molar-refractivity contribution in [1.82, 2.24) is 5.32 Å². The Morgan fingerprint density at radius 3 is 2.57 bits per heavy atom. The van der Waals surface area contributed by atoms with Crippen LogP contribution in [0, 0.1) is 11.8 Å². The first-order valence-corrected chi connectivity index (χ1v) is 7.38. The van der Waals surface area contributed by atoms with Gasteiger partial charge >= 0.3 is 12.6 Å². The molecule has 5 nitrogen and oxygen atoms in total. The normalized spacial score (nSPS) is 12.5. The number of carbonyl (C=O) groups is 1. The molecule has 0 saturated carbocycles. The molecule has 1 unspecified atom stereocenters. The van der Waals surface area contributed by atoms with Crippen LogP contribution in [0.15, 0.2) is 18.2 Å². The first-order chi connectivity index (χ1) is 10.8. The Labute approximate surface area is 134 Å². The van der Waals surface area contributed by atoms with E-state index < -0.39 is 18.5 Å². The van der Waals surface area contributed by atoms with Gasteiger partial charge in [0.2, 0.25) is 0 Å². The fourth-order valence-electron chi connectivity index (χ4n) is 2.24. The smallest absolute Gasteiger partial charge is 0.387 e. The SMILES string of the molecule is COc1ccc(CNCC(CC(C)C)C(=O)O)c(OC(F)F)c1. The minimum atomic E-state index is -2.94. The van der Waals surface area contributed by atoms with E-state index in [0.29, 0.717) is 17.7 Å². The van der Waals surface area contributed by atoms with E-state index in [2.05, 4.69) is 10.1 Å². The van der Waals surface area contributed by atoms with Crippen LogP contribution in [-0.2, 0) is 11.3 Å². The Morgan fingerprint density at radius 1 is 1.35 bits per heavy atom. The summed E-state index contributed by atoms with van der Waals surface area (Å²) in [7, 11) is 1.43. The van der Waals surface area contributed by atoms with Crippen LogP contribution in [0.4, 0.5) is 8.78 Å². The van der Waals surface area contributed by atoms with Gasteiger partial charge in [-0.15, -0.1) is 0 Å². The number of halogens is 2. The largest absolute Gasteiger partial charge is 0.497 e. The quantitative estimate of drug-likeness (QED) is 0.689. The molecular formula is C16H23F2NO4. The van der Waals surface area contributed by atoms with Gasteiger partial charge in [-0.3, -0.25) is 4.79 Å². The molecule has 0 radical (unpaired) electrons. The second kappa shape index (κ2) is 9.29. The van der Waals surface area contributed by atoms with Crippen molar-refractivity contribution in [1.29, 1.82) is 0 Å². The van der Waals surface area contributed by atoms with E-state index in [-0.39, 0.29) is 24.8 Å². The molecular weight excluding hydrogens is 308 g/mol. The van der Waals surface area contributed by atoms with E-state index >= 15 is 0 Å². The Bertz CT molecular complexity index is 509. The molecule has 0 aliphatic carbocycles. The molecule has 1 aromatic rings. The van der Waals surface area contributed by atoms with Crippen molar-refractivity contribution >= 4 is 5.97 Å². The van der Waals surface area contributed by atoms with Crippen molar-refractivity contribution in [3.8, 4) is 11.5 Å². The maximum absolute atomic E-state index is 12.5. The van der Waals surface area contributed by atoms with E-state index in [1.54, 1.807) is 12.1 Å². The molecule has 0 aliphatic rings. The van der Waals surface area contributed by atoms with Crippen LogP contribution in [-0.4, -0.2) is 31.3 Å². The average Bonchev–Trinajstić information content (AvgIpc) is 2.46. The van der Waals surface area contributed by atoms with Crippen LogP contribution < -0.4 is 14.8 Å². The lowest BCUT2D eigenvalue weighted by Crippen LogP contribution is -2.29. The number of carboxylic acid groups (broad SMARTS) is 1. The summed E-state index contributed by atoms with van der Waals surface area (Å²) in [6, 6.07) is 4.63. The average molecular weight is 331 g/mol. The Balaban J connectivity index is 2.70. The van der Waals surface area contributed by atoms with E-state index in [9.17, 15) is 18.7 Å². The minimum absolute atomic E-state index is 0.0163. The molecule has 1 atom stereocenters. The molecule has 0 aliphatic heterocycles. The maximum Gasteiger partial charge on any atom is 0.387 e. The Hall–Kier alpha value is -1.89. The van der Waals surface area contributed by atoms with Crippen molar-refractivity contribution in [3.63, 3.8) is 0 Å². The number of carboxylic acids is 1. The van der Waals surface area contributed by atoms with Crippen LogP contribution in [0.3, 0.4) is 0 Å². The summed E-state index contributed by atoms with van der Waals surface area (Å²) in [5.74, 6) is -0.704. The standard InChI is InChI=1S/C16H23F2NO4/c1-10(2)6-12(15(20)21)9-19-8-11-4-5-13(22-3)7-14(11)23-16(17)18/h4-5,7,10,12,16,19H,6,8-9H2,1-3H3,(H,20,21). The van der Waals surface area contributed by atoms with Gasteiger partial charge in [0, 0.05) is 24.7 Å². The zero-order valence-electron chi connectivity index (χ0n) is 13.5. The first kappa shape index (κ1) is 19.2. The number of aliphatic carboxylic acids is 1. The zero-order valence-corrected chi connectivity index (χ0v) is 13.5. The predicted octanol–water partition coefficient (Wildman–Crippen LogP) is 3.13. The molecule has 0 saturated heterocycles. The lowest BCUT2D eigenvalue weighted by Gasteiger charge is -2.17. The van der Waals surface area contributed by atoms with Crippen molar-refractivity contribution in [2.75, 3.05) is 13.7 Å². The van der Waals surface area contributed by atoms with Crippen molar-refractivity contribution in [3.05, 3.63) is 23.8 Å². The van der Waals surface area contributed by atoms with E-state index in [0.717, 1.165) is 0 Å². The second-order valence-corrected chi connectivity index (χ2v) is 5.65. The van der Waals surface area contributed by atoms with Gasteiger partial charge in [0.05, 0.1) is 13.0 Å². The van der Waals surface area contributed by atoms with Gasteiger partial charge in [-0.05, 0) is 18.4 Å². The highest BCUT2D eigenvalue weighted by molar-refractivity contribution is 5.70. The van der Waals surface area contributed by atoms with Gasteiger partial charge < -0.3 is 19.9 Å². The van der Waals surface area contributed by atoms with Gasteiger partial charge in [0.1, 0.15) is 11.5 Å². The summed E-state index contributed by atoms with van der Waals surface area (Å²) in [6.07, 6.45) is 0.547. The van der Waals surface area contributed by atoms with Crippen molar-refractivity contribution < 1.29 is 28.2 Å². The highest BCUT2D eigenvalue weighted by Crippen LogP contribution is 2.26. The highest BCUT2D eigenvalue weighted by atomic mass is 19.3. The number of nitrogens with one attached hydrogen (secondary N) is 1. The monoisotopic (exact) mass is 331 g/mol. The molecule has 0 bridgehead atoms. The minimum Gasteiger partial charge on any atom is -0.497 e. The van der Waals surface area contributed by atoms with Gasteiger partial charge in [-0.25, -0.2) is 0 Å². The second-order valence-electron chi connectivity index (χ2n) is 5.65. The number of ether oxygens (including phenoxy) is 2. The third-order valence-corrected chi connectivity index (χ3v) is 3.30. The fraction of sp³-hybridized carbons (Fsp3) is 0.562. The topological polar surface area (TPSA) is 67.8 Å². The molecule has 1 aromatic carbocycles. The highest BCUT2D eigenvalue weighted by Gasteiger charge is 2.19. The van der Waals surface area contributed by atoms with E-state index in [1.807, 2.05) is 13.8 Å². The molecule has 0 amide bonds. The molecule has 0 spiro atoms. The van der Waals surface area contributed by atoms with Gasteiger partial charge in [-0.1, -0.05) is 19.9 Å². The maximum atomic E-state index is 12.5. The summed E-state index contributed by atoms with van der Waals surface area (Å²) in [6.45, 7) is 1.46. The van der Waals surface area contributed by atoms with Crippen molar-refractivity contribution in [2.24, 2.45) is 11.8 Å². The zero-order chi connectivity index (χ0) is 17.4. The number of rotatable bonds is 10. The lowest BCUT2D eigenvalue weighted by molar-refractivity contribution is -0.142. The van der Waals surface area contributed by atoms with Crippen LogP contribution in [0.25, 0.3) is 0 Å². The number of benzene rings is 1. The third-order valence-electron chi connectivity index (χ3n) is 3.30. The number of hydrogen-bond donors (Lipinski definition) is 2. The summed E-state index contributed by atoms with van der Waals surface area (Å²) in [5, 5.41) is 12.2. The molecule has 0 heterocycles. The Morgan fingerprint density at radius 2 is 2.04 bits per heavy atom. The van der Waals surface area contributed by atoms with Gasteiger partial charge in [0.15, 0.2) is 0 Å². The van der Waals surface area contributed by atoms with Gasteiger partial charge in [0.25, 0.3) is 0 Å². The molecule has 130 valence electrons. The molecule has 23 heavy (non-hydrogen) atoms. The van der Waals surface area contributed by atoms with Crippen molar-refractivity contribution in [2.45, 2.75) is 33.4 Å². The molecule has 7 heteroatoms. The summed E-state index contributed by atoms with van der Waals surface area (Å²) >= 11 is 0. The number of methoxy groups -OCH3 is 1. The number of hydrogen-bond acceptors (Lipinski definition) is 4. The molecule has 0 aromatic heterocycles. The molecule has 2 N–H and O–H groups in total. The third kappa shape index (κ3) is 6.81. The van der Waals surface area contributed by atoms with Crippen LogP contribution in [0.2, 0.25) is 0 Å². The first-order valence-electron chi connectivity index (χ1n) is 7.38. The van der Waals surface area contributed by atoms with Crippen LogP contribution >= 0.6 is 0 Å². The summed E-state index contributed by atoms with van der Waals surface area (Å²) in [5.41, 5.74) is 0.514.